The van der Waals surface area contributed by atoms with Crippen molar-refractivity contribution in [2.75, 3.05) is 6.61 Å². The van der Waals surface area contributed by atoms with Gasteiger partial charge in [0.05, 0.1) is 6.10 Å². The molecule has 1 aromatic heterocycles. The smallest absolute Gasteiger partial charge is 0.0835 e. The summed E-state index contributed by atoms with van der Waals surface area (Å²) in [5, 5.41) is 0. The van der Waals surface area contributed by atoms with Crippen molar-refractivity contribution in [1.82, 2.24) is 0 Å². The second-order valence-electron chi connectivity index (χ2n) is 3.63. The molecule has 1 unspecified atom stereocenters. The molecule has 1 aromatic rings. The largest absolute Gasteiger partial charge is 0.374 e. The van der Waals surface area contributed by atoms with E-state index in [0.29, 0.717) is 12.6 Å². The van der Waals surface area contributed by atoms with E-state index in [-0.39, 0.29) is 0 Å². The number of thiophene rings is 1. The van der Waals surface area contributed by atoms with E-state index < -0.39 is 0 Å². The van der Waals surface area contributed by atoms with Gasteiger partial charge in [-0.1, -0.05) is 0 Å². The van der Waals surface area contributed by atoms with E-state index in [2.05, 4.69) is 13.0 Å². The third-order valence-corrected chi connectivity index (χ3v) is 3.91. The molecule has 0 saturated carbocycles. The number of hydrogen-bond donors (Lipinski definition) is 1. The van der Waals surface area contributed by atoms with E-state index >= 15 is 0 Å². The number of fused-ring (bicyclic) bond motifs is 1. The zero-order valence-corrected chi connectivity index (χ0v) is 9.40. The van der Waals surface area contributed by atoms with Crippen molar-refractivity contribution in [3.05, 3.63) is 21.4 Å². The molecule has 0 radical (unpaired) electrons. The maximum atomic E-state index is 5.73. The molecule has 2 N–H and O–H groups in total. The quantitative estimate of drug-likeness (QED) is 0.834. The maximum absolute atomic E-state index is 5.73. The molecule has 78 valence electrons. The fraction of sp³-hybridized carbons (Fsp3) is 0.636. The van der Waals surface area contributed by atoms with Gasteiger partial charge < -0.3 is 10.5 Å². The summed E-state index contributed by atoms with van der Waals surface area (Å²) in [4.78, 5) is 2.79. The fourth-order valence-electron chi connectivity index (χ4n) is 2.05. The number of rotatable bonds is 3. The summed E-state index contributed by atoms with van der Waals surface area (Å²) in [5.74, 6) is 0. The van der Waals surface area contributed by atoms with Gasteiger partial charge in [-0.2, -0.15) is 0 Å². The SMILES string of the molecule is CCOC1CCCc2sc(CN)cc21. The molecule has 14 heavy (non-hydrogen) atoms. The van der Waals surface area contributed by atoms with Crippen molar-refractivity contribution in [3.63, 3.8) is 0 Å². The van der Waals surface area contributed by atoms with Crippen LogP contribution in [0.3, 0.4) is 0 Å². The van der Waals surface area contributed by atoms with Gasteiger partial charge >= 0.3 is 0 Å². The third-order valence-electron chi connectivity index (χ3n) is 2.68. The molecule has 1 aliphatic rings. The zero-order valence-electron chi connectivity index (χ0n) is 8.58. The minimum atomic E-state index is 0.334. The van der Waals surface area contributed by atoms with Gasteiger partial charge in [-0.05, 0) is 37.8 Å². The Morgan fingerprint density at radius 1 is 1.64 bits per heavy atom. The van der Waals surface area contributed by atoms with Crippen LogP contribution in [0.5, 0.6) is 0 Å². The highest BCUT2D eigenvalue weighted by Crippen LogP contribution is 2.37. The van der Waals surface area contributed by atoms with Crippen LogP contribution in [-0.4, -0.2) is 6.61 Å². The highest BCUT2D eigenvalue weighted by atomic mass is 32.1. The molecule has 2 rings (SSSR count). The Balaban J connectivity index is 2.24. The van der Waals surface area contributed by atoms with Gasteiger partial charge in [-0.25, -0.2) is 0 Å². The van der Waals surface area contributed by atoms with Gasteiger partial charge in [0.2, 0.25) is 0 Å². The molecule has 0 aromatic carbocycles. The Labute approximate surface area is 89.1 Å². The van der Waals surface area contributed by atoms with Gasteiger partial charge in [-0.15, -0.1) is 11.3 Å². The van der Waals surface area contributed by atoms with Crippen LogP contribution in [0.25, 0.3) is 0 Å². The average Bonchev–Trinajstić information content (AvgIpc) is 2.62. The second kappa shape index (κ2) is 4.43. The van der Waals surface area contributed by atoms with Gasteiger partial charge in [-0.3, -0.25) is 0 Å². The predicted molar refractivity (Wildman–Crippen MR) is 59.5 cm³/mol. The molecular formula is C11H17NOS. The Kier molecular flexibility index (Phi) is 3.21. The molecule has 1 aliphatic carbocycles. The lowest BCUT2D eigenvalue weighted by Crippen LogP contribution is -2.10. The van der Waals surface area contributed by atoms with Crippen molar-refractivity contribution in [2.24, 2.45) is 5.73 Å². The van der Waals surface area contributed by atoms with Gasteiger partial charge in [0, 0.05) is 22.9 Å². The van der Waals surface area contributed by atoms with Crippen molar-refractivity contribution >= 4 is 11.3 Å². The molecule has 0 fully saturated rings. The van der Waals surface area contributed by atoms with Gasteiger partial charge in [0.15, 0.2) is 0 Å². The summed E-state index contributed by atoms with van der Waals surface area (Å²) in [7, 11) is 0. The Bertz CT molecular complexity index is 308. The Morgan fingerprint density at radius 2 is 2.50 bits per heavy atom. The highest BCUT2D eigenvalue weighted by Gasteiger charge is 2.22. The van der Waals surface area contributed by atoms with Crippen molar-refractivity contribution < 1.29 is 4.74 Å². The molecule has 1 heterocycles. The summed E-state index contributed by atoms with van der Waals surface area (Å²) in [5.41, 5.74) is 7.06. The average molecular weight is 211 g/mol. The van der Waals surface area contributed by atoms with E-state index in [4.69, 9.17) is 10.5 Å². The van der Waals surface area contributed by atoms with E-state index in [0.717, 1.165) is 6.61 Å². The lowest BCUT2D eigenvalue weighted by Gasteiger charge is -2.22. The molecule has 0 aliphatic heterocycles. The van der Waals surface area contributed by atoms with Crippen molar-refractivity contribution in [3.8, 4) is 0 Å². The number of aryl methyl sites for hydroxylation is 1. The first-order chi connectivity index (χ1) is 6.85. The van der Waals surface area contributed by atoms with E-state index in [9.17, 15) is 0 Å². The van der Waals surface area contributed by atoms with E-state index in [1.807, 2.05) is 11.3 Å². The van der Waals surface area contributed by atoms with Crippen LogP contribution in [-0.2, 0) is 17.7 Å². The van der Waals surface area contributed by atoms with Gasteiger partial charge in [0.1, 0.15) is 0 Å². The minimum Gasteiger partial charge on any atom is -0.374 e. The lowest BCUT2D eigenvalue weighted by atomic mass is 9.96. The van der Waals surface area contributed by atoms with Crippen LogP contribution in [0.4, 0.5) is 0 Å². The third kappa shape index (κ3) is 1.85. The fourth-order valence-corrected chi connectivity index (χ4v) is 3.19. The summed E-state index contributed by atoms with van der Waals surface area (Å²) in [6.07, 6.45) is 3.97. The van der Waals surface area contributed by atoms with Crippen LogP contribution in [0.2, 0.25) is 0 Å². The highest BCUT2D eigenvalue weighted by molar-refractivity contribution is 7.12. The molecule has 0 saturated heterocycles. The molecular weight excluding hydrogens is 194 g/mol. The molecule has 0 spiro atoms. The van der Waals surface area contributed by atoms with Crippen LogP contribution >= 0.6 is 11.3 Å². The minimum absolute atomic E-state index is 0.334. The molecule has 2 nitrogen and oxygen atoms in total. The first-order valence-corrected chi connectivity index (χ1v) is 6.10. The topological polar surface area (TPSA) is 35.2 Å². The second-order valence-corrected chi connectivity index (χ2v) is 4.85. The maximum Gasteiger partial charge on any atom is 0.0835 e. The Hall–Kier alpha value is -0.380. The zero-order chi connectivity index (χ0) is 9.97. The number of ether oxygens (including phenoxy) is 1. The number of hydrogen-bond acceptors (Lipinski definition) is 3. The van der Waals surface area contributed by atoms with Crippen LogP contribution < -0.4 is 5.73 Å². The first kappa shape index (κ1) is 10.1. The normalized spacial score (nSPS) is 20.9. The van der Waals surface area contributed by atoms with E-state index in [1.165, 1.54) is 34.6 Å². The summed E-state index contributed by atoms with van der Waals surface area (Å²) in [6, 6.07) is 2.24. The van der Waals surface area contributed by atoms with Crippen LogP contribution in [0.15, 0.2) is 6.07 Å². The first-order valence-electron chi connectivity index (χ1n) is 5.28. The standard InChI is InChI=1S/C11H17NOS/c1-2-13-10-4-3-5-11-9(10)6-8(7-12)14-11/h6,10H,2-5,7,12H2,1H3. The van der Waals surface area contributed by atoms with Gasteiger partial charge in [0.25, 0.3) is 0 Å². The number of nitrogens with two attached hydrogens (primary N) is 1. The summed E-state index contributed by atoms with van der Waals surface area (Å²) >= 11 is 1.86. The molecule has 1 atom stereocenters. The van der Waals surface area contributed by atoms with Crippen LogP contribution in [0.1, 0.15) is 41.2 Å². The lowest BCUT2D eigenvalue weighted by molar-refractivity contribution is 0.0506. The molecule has 0 amide bonds. The summed E-state index contributed by atoms with van der Waals surface area (Å²) in [6.45, 7) is 3.53. The molecule has 3 heteroatoms. The Morgan fingerprint density at radius 3 is 3.21 bits per heavy atom. The summed E-state index contributed by atoms with van der Waals surface area (Å²) < 4.78 is 5.73. The monoisotopic (exact) mass is 211 g/mol. The van der Waals surface area contributed by atoms with Crippen LogP contribution in [0, 0.1) is 0 Å². The van der Waals surface area contributed by atoms with Crippen molar-refractivity contribution in [1.29, 1.82) is 0 Å². The predicted octanol–water partition coefficient (Wildman–Crippen LogP) is 2.62. The van der Waals surface area contributed by atoms with Crippen molar-refractivity contribution in [2.45, 2.75) is 38.8 Å². The van der Waals surface area contributed by atoms with E-state index in [1.54, 1.807) is 0 Å². The molecule has 0 bridgehead atoms.